The smallest absolute Gasteiger partial charge is 0.259 e. The van der Waals surface area contributed by atoms with Crippen LogP contribution in [0.3, 0.4) is 0 Å². The van der Waals surface area contributed by atoms with Crippen LogP contribution in [0.4, 0.5) is 10.1 Å². The third-order valence-corrected chi connectivity index (χ3v) is 7.02. The maximum atomic E-state index is 13.6. The van der Waals surface area contributed by atoms with Crippen LogP contribution in [0.15, 0.2) is 54.9 Å². The number of anilines is 1. The first-order valence-corrected chi connectivity index (χ1v) is 12.7. The van der Waals surface area contributed by atoms with E-state index < -0.39 is 0 Å². The van der Waals surface area contributed by atoms with Crippen LogP contribution in [-0.2, 0) is 12.1 Å². The molecule has 1 aliphatic rings. The van der Waals surface area contributed by atoms with E-state index in [0.29, 0.717) is 17.2 Å². The largest absolute Gasteiger partial charge is 0.347 e. The highest BCUT2D eigenvalue weighted by Crippen LogP contribution is 2.31. The summed E-state index contributed by atoms with van der Waals surface area (Å²) in [6, 6.07) is 12.3. The zero-order chi connectivity index (χ0) is 25.4. The summed E-state index contributed by atoms with van der Waals surface area (Å²) in [6.45, 7) is 11.3. The molecule has 3 heterocycles. The van der Waals surface area contributed by atoms with Crippen LogP contribution in [-0.4, -0.2) is 33.3 Å². The first-order chi connectivity index (χ1) is 17.2. The second-order valence-corrected chi connectivity index (χ2v) is 10.8. The number of piperidine rings is 1. The van der Waals surface area contributed by atoms with Gasteiger partial charge in [0.2, 0.25) is 0 Å². The molecule has 4 aromatic rings. The molecule has 0 bridgehead atoms. The molecule has 0 radical (unpaired) electrons. The van der Waals surface area contributed by atoms with E-state index in [1.807, 2.05) is 31.5 Å². The number of carbonyl (C=O) groups excluding carboxylic acids is 1. The highest BCUT2D eigenvalue weighted by molar-refractivity contribution is 6.08. The van der Waals surface area contributed by atoms with Crippen molar-refractivity contribution in [2.45, 2.75) is 52.6 Å². The summed E-state index contributed by atoms with van der Waals surface area (Å²) in [7, 11) is 0. The number of amides is 1. The first-order valence-electron chi connectivity index (χ1n) is 12.7. The molecule has 2 aromatic heterocycles. The molecule has 1 fully saturated rings. The van der Waals surface area contributed by atoms with E-state index in [2.05, 4.69) is 45.6 Å². The lowest BCUT2D eigenvalue weighted by molar-refractivity contribution is 0.102. The van der Waals surface area contributed by atoms with Crippen molar-refractivity contribution in [3.05, 3.63) is 71.8 Å². The highest BCUT2D eigenvalue weighted by atomic mass is 19.1. The Morgan fingerprint density at radius 1 is 1.14 bits per heavy atom. The van der Waals surface area contributed by atoms with Gasteiger partial charge in [0.25, 0.3) is 5.91 Å². The van der Waals surface area contributed by atoms with Crippen LogP contribution in [0.1, 0.15) is 49.5 Å². The zero-order valence-corrected chi connectivity index (χ0v) is 21.4. The minimum atomic E-state index is -0.353. The Hall–Kier alpha value is -3.45. The number of aryl methyl sites for hydroxylation is 1. The van der Waals surface area contributed by atoms with Crippen molar-refractivity contribution in [1.82, 2.24) is 19.7 Å². The van der Waals surface area contributed by atoms with Crippen LogP contribution in [0.25, 0.3) is 22.2 Å². The molecule has 36 heavy (non-hydrogen) atoms. The first kappa shape index (κ1) is 24.3. The van der Waals surface area contributed by atoms with Crippen molar-refractivity contribution >= 4 is 22.5 Å². The summed E-state index contributed by atoms with van der Waals surface area (Å²) in [4.78, 5) is 13.5. The normalized spacial score (nSPS) is 14.9. The van der Waals surface area contributed by atoms with E-state index in [-0.39, 0.29) is 17.3 Å². The van der Waals surface area contributed by atoms with Gasteiger partial charge in [-0.25, -0.2) is 4.39 Å². The number of nitrogens with zero attached hydrogens (tertiary/aromatic N) is 3. The van der Waals surface area contributed by atoms with Gasteiger partial charge >= 0.3 is 0 Å². The molecule has 5 rings (SSSR count). The van der Waals surface area contributed by atoms with Gasteiger partial charge in [0.15, 0.2) is 0 Å². The van der Waals surface area contributed by atoms with Gasteiger partial charge in [0, 0.05) is 29.4 Å². The number of hydrogen-bond acceptors (Lipinski definition) is 3. The van der Waals surface area contributed by atoms with Gasteiger partial charge in [-0.2, -0.15) is 5.10 Å². The molecule has 6 nitrogen and oxygen atoms in total. The fraction of sp³-hybridized carbons (Fsp3) is 0.379. The molecule has 1 amide bonds. The monoisotopic (exact) mass is 487 g/mol. The number of benzene rings is 2. The lowest BCUT2D eigenvalue weighted by atomic mass is 9.98. The Kier molecular flexibility index (Phi) is 6.43. The minimum absolute atomic E-state index is 0.239. The maximum absolute atomic E-state index is 13.6. The molecule has 7 heteroatoms. The summed E-state index contributed by atoms with van der Waals surface area (Å²) in [6.07, 6.45) is 6.18. The molecule has 1 saturated heterocycles. The Bertz CT molecular complexity index is 1390. The third-order valence-electron chi connectivity index (χ3n) is 7.02. The predicted octanol–water partition coefficient (Wildman–Crippen LogP) is 5.96. The highest BCUT2D eigenvalue weighted by Gasteiger charge is 2.25. The Morgan fingerprint density at radius 2 is 1.86 bits per heavy atom. The second kappa shape index (κ2) is 9.54. The van der Waals surface area contributed by atoms with Gasteiger partial charge in [0.1, 0.15) is 5.82 Å². The van der Waals surface area contributed by atoms with Crippen LogP contribution in [0.5, 0.6) is 0 Å². The van der Waals surface area contributed by atoms with Gasteiger partial charge in [-0.1, -0.05) is 6.07 Å². The molecule has 0 unspecified atom stereocenters. The lowest BCUT2D eigenvalue weighted by Crippen LogP contribution is -2.29. The molecule has 1 aliphatic heterocycles. The fourth-order valence-corrected chi connectivity index (χ4v) is 5.15. The molecule has 0 saturated carbocycles. The van der Waals surface area contributed by atoms with E-state index in [9.17, 15) is 9.18 Å². The van der Waals surface area contributed by atoms with Crippen molar-refractivity contribution in [1.29, 1.82) is 0 Å². The fourth-order valence-electron chi connectivity index (χ4n) is 5.15. The zero-order valence-electron chi connectivity index (χ0n) is 21.4. The van der Waals surface area contributed by atoms with Crippen LogP contribution < -0.4 is 10.6 Å². The quantitative estimate of drug-likeness (QED) is 0.365. The summed E-state index contributed by atoms with van der Waals surface area (Å²) in [5.41, 5.74) is 4.63. The van der Waals surface area contributed by atoms with Gasteiger partial charge in [-0.15, -0.1) is 0 Å². The average Bonchev–Trinajstić information content (AvgIpc) is 3.42. The van der Waals surface area contributed by atoms with Gasteiger partial charge in [0.05, 0.1) is 28.5 Å². The molecule has 188 valence electrons. The van der Waals surface area contributed by atoms with E-state index in [4.69, 9.17) is 0 Å². The van der Waals surface area contributed by atoms with Crippen LogP contribution >= 0.6 is 0 Å². The minimum Gasteiger partial charge on any atom is -0.347 e. The number of fused-ring (bicyclic) bond motifs is 1. The van der Waals surface area contributed by atoms with Crippen LogP contribution in [0.2, 0.25) is 0 Å². The SMILES string of the molecule is Cc1cn(CC2CCNCC2)c2cc(NC(=O)c3cnn(C(C)(C)C)c3-c3ccc(F)cc3)ccc12. The van der Waals surface area contributed by atoms with Crippen molar-refractivity contribution < 1.29 is 9.18 Å². The number of hydrogen-bond donors (Lipinski definition) is 2. The standard InChI is InChI=1S/C29H34FN5O/c1-19-17-34(18-20-11-13-31-14-12-20)26-15-23(9-10-24(19)26)33-28(36)25-16-32-35(29(2,3)4)27(25)21-5-7-22(30)8-6-21/h5-10,15-17,20,31H,11-14,18H2,1-4H3,(H,33,36). The van der Waals surface area contributed by atoms with E-state index >= 15 is 0 Å². The van der Waals surface area contributed by atoms with Crippen molar-refractivity contribution in [3.63, 3.8) is 0 Å². The Morgan fingerprint density at radius 3 is 2.56 bits per heavy atom. The van der Waals surface area contributed by atoms with Gasteiger partial charge in [-0.05, 0) is 102 Å². The van der Waals surface area contributed by atoms with E-state index in [1.54, 1.807) is 18.3 Å². The summed E-state index contributed by atoms with van der Waals surface area (Å²) < 4.78 is 17.8. The molecule has 2 N–H and O–H groups in total. The van der Waals surface area contributed by atoms with Gasteiger partial charge in [-0.3, -0.25) is 9.48 Å². The topological polar surface area (TPSA) is 63.9 Å². The summed E-state index contributed by atoms with van der Waals surface area (Å²) in [5.74, 6) is 0.0982. The third kappa shape index (κ3) is 4.80. The van der Waals surface area contributed by atoms with Crippen molar-refractivity contribution in [2.24, 2.45) is 5.92 Å². The Balaban J connectivity index is 1.47. The molecular weight excluding hydrogens is 453 g/mol. The number of aromatic nitrogens is 3. The molecule has 0 aliphatic carbocycles. The number of rotatable bonds is 5. The summed E-state index contributed by atoms with van der Waals surface area (Å²) in [5, 5.41) is 12.3. The number of halogens is 1. The molecule has 0 spiro atoms. The lowest BCUT2D eigenvalue weighted by Gasteiger charge is -2.23. The second-order valence-electron chi connectivity index (χ2n) is 10.8. The van der Waals surface area contributed by atoms with E-state index in [0.717, 1.165) is 36.4 Å². The van der Waals surface area contributed by atoms with Crippen molar-refractivity contribution in [3.8, 4) is 11.3 Å². The average molecular weight is 488 g/mol. The molecule has 0 atom stereocenters. The number of nitrogens with one attached hydrogen (secondary N) is 2. The number of carbonyl (C=O) groups is 1. The maximum Gasteiger partial charge on any atom is 0.259 e. The van der Waals surface area contributed by atoms with Crippen molar-refractivity contribution in [2.75, 3.05) is 18.4 Å². The summed E-state index contributed by atoms with van der Waals surface area (Å²) >= 11 is 0. The van der Waals surface area contributed by atoms with Gasteiger partial charge < -0.3 is 15.2 Å². The predicted molar refractivity (Wildman–Crippen MR) is 143 cm³/mol. The molecular formula is C29H34FN5O. The van der Waals surface area contributed by atoms with Crippen LogP contribution in [0, 0.1) is 18.7 Å². The Labute approximate surface area is 211 Å². The van der Waals surface area contributed by atoms with E-state index in [1.165, 1.54) is 35.9 Å². The molecule has 2 aromatic carbocycles.